The molecule has 0 aliphatic rings. The van der Waals surface area contributed by atoms with Crippen LogP contribution >= 0.6 is 0 Å². The van der Waals surface area contributed by atoms with E-state index in [0.29, 0.717) is 0 Å². The average molecular weight is 629 g/mol. The zero-order valence-corrected chi connectivity index (χ0v) is 30.4. The van der Waals surface area contributed by atoms with Gasteiger partial charge in [0.2, 0.25) is 0 Å². The molecule has 0 saturated carbocycles. The molecule has 0 heterocycles. The monoisotopic (exact) mass is 629 g/mol. The molecule has 0 amide bonds. The molecule has 6 nitrogen and oxygen atoms in total. The molecule has 46 heavy (non-hydrogen) atoms. The van der Waals surface area contributed by atoms with Crippen molar-refractivity contribution in [1.29, 1.82) is 0 Å². The summed E-state index contributed by atoms with van der Waals surface area (Å²) in [5.74, 6) is 0. The first-order valence-corrected chi connectivity index (χ1v) is 16.9. The minimum atomic E-state index is 0.855. The molecule has 0 spiro atoms. The standard InChI is InChI=1S/C28H27N3.C5H13N.C2H7N.2C2H6.CH5N/c1-4-5-16-31-28-19-25(12-15-27(28)30-3)24-9-8-22-17-21(6-7-23(22)18-24)20-10-13-26(29-2)14-11-20;1-2-3-4-5-6;1-3-2;3*1-2/h6-15,17-19,31H,2-5,16H2,1H3;2-6H2,1H3;3H,1-2H3;2*1-2H3;2H2,1H3. The van der Waals surface area contributed by atoms with E-state index in [9.17, 15) is 0 Å². The normalized spacial score (nSPS) is 9.20. The summed E-state index contributed by atoms with van der Waals surface area (Å²) in [5.41, 5.74) is 17.3. The van der Waals surface area contributed by atoms with Gasteiger partial charge in [0, 0.05) is 6.54 Å². The molecule has 0 bridgehead atoms. The maximum atomic E-state index is 5.21. The number of hydrogen-bond acceptors (Lipinski definition) is 6. The molecule has 0 aromatic heterocycles. The van der Waals surface area contributed by atoms with Crippen molar-refractivity contribution in [3.63, 3.8) is 0 Å². The minimum Gasteiger partial charge on any atom is -0.383 e. The molecule has 4 aromatic carbocycles. The number of aliphatic imine (C=N–C) groups is 2. The SMILES string of the molecule is C=Nc1ccc(-c2ccc3cc(-c4ccc(N=C)c(NCCCC)c4)ccc3c2)cc1.CC.CC.CCCCCN.CN.CNC. The number of anilines is 1. The molecule has 0 saturated heterocycles. The Bertz CT molecular complexity index is 1310. The Morgan fingerprint density at radius 2 is 1.07 bits per heavy atom. The van der Waals surface area contributed by atoms with Crippen molar-refractivity contribution in [2.24, 2.45) is 21.5 Å². The predicted octanol–water partition coefficient (Wildman–Crippen LogP) is 10.6. The number of nitrogens with zero attached hydrogens (tertiary/aromatic N) is 2. The Morgan fingerprint density at radius 1 is 0.609 bits per heavy atom. The number of nitrogens with two attached hydrogens (primary N) is 2. The lowest BCUT2D eigenvalue weighted by molar-refractivity contribution is 0.727. The predicted molar refractivity (Wildman–Crippen MR) is 213 cm³/mol. The summed E-state index contributed by atoms with van der Waals surface area (Å²) in [6.45, 7) is 21.4. The third kappa shape index (κ3) is 16.5. The van der Waals surface area contributed by atoms with Gasteiger partial charge in [-0.25, -0.2) is 0 Å². The van der Waals surface area contributed by atoms with Crippen LogP contribution in [0.2, 0.25) is 0 Å². The van der Waals surface area contributed by atoms with Crippen molar-refractivity contribution in [3.8, 4) is 22.3 Å². The molecule has 0 fully saturated rings. The average Bonchev–Trinajstić information content (AvgIpc) is 3.13. The number of nitrogens with one attached hydrogen (secondary N) is 2. The van der Waals surface area contributed by atoms with Crippen molar-refractivity contribution < 1.29 is 0 Å². The molecule has 6 N–H and O–H groups in total. The molecule has 0 aliphatic heterocycles. The summed E-state index contributed by atoms with van der Waals surface area (Å²) >= 11 is 0. The van der Waals surface area contributed by atoms with Gasteiger partial charge in [-0.1, -0.05) is 103 Å². The van der Waals surface area contributed by atoms with E-state index in [4.69, 9.17) is 5.73 Å². The third-order valence-corrected chi connectivity index (χ3v) is 6.38. The van der Waals surface area contributed by atoms with Crippen LogP contribution in [0.25, 0.3) is 33.0 Å². The van der Waals surface area contributed by atoms with Gasteiger partial charge in [0.05, 0.1) is 17.1 Å². The van der Waals surface area contributed by atoms with Gasteiger partial charge in [-0.3, -0.25) is 9.98 Å². The number of benzene rings is 4. The van der Waals surface area contributed by atoms with E-state index in [1.165, 1.54) is 59.3 Å². The zero-order chi connectivity index (χ0) is 35.2. The quantitative estimate of drug-likeness (QED) is 0.0980. The maximum Gasteiger partial charge on any atom is 0.0854 e. The summed E-state index contributed by atoms with van der Waals surface area (Å²) in [7, 11) is 5.25. The van der Waals surface area contributed by atoms with Crippen molar-refractivity contribution >= 4 is 41.3 Å². The van der Waals surface area contributed by atoms with E-state index < -0.39 is 0 Å². The molecule has 4 aromatic rings. The zero-order valence-electron chi connectivity index (χ0n) is 30.4. The van der Waals surface area contributed by atoms with Crippen molar-refractivity contribution in [3.05, 3.63) is 78.9 Å². The highest BCUT2D eigenvalue weighted by Gasteiger charge is 2.07. The fraction of sp³-hybridized carbons (Fsp3) is 0.400. The van der Waals surface area contributed by atoms with E-state index >= 15 is 0 Å². The van der Waals surface area contributed by atoms with Crippen LogP contribution < -0.4 is 22.1 Å². The van der Waals surface area contributed by atoms with Gasteiger partial charge in [0.15, 0.2) is 0 Å². The fourth-order valence-electron chi connectivity index (χ4n) is 4.15. The Labute approximate surface area is 281 Å². The summed E-state index contributed by atoms with van der Waals surface area (Å²) in [4.78, 5) is 8.13. The highest BCUT2D eigenvalue weighted by atomic mass is 14.9. The highest BCUT2D eigenvalue weighted by Crippen LogP contribution is 2.33. The number of rotatable bonds is 11. The Hall–Kier alpha value is -3.84. The lowest BCUT2D eigenvalue weighted by Gasteiger charge is -2.12. The molecule has 0 atom stereocenters. The highest BCUT2D eigenvalue weighted by molar-refractivity contribution is 5.91. The lowest BCUT2D eigenvalue weighted by Crippen LogP contribution is -2.01. The Balaban J connectivity index is 0. The van der Waals surface area contributed by atoms with Gasteiger partial charge in [-0.05, 0) is 123 Å². The molecule has 254 valence electrons. The molecule has 0 unspecified atom stereocenters. The smallest absolute Gasteiger partial charge is 0.0854 e. The van der Waals surface area contributed by atoms with Crippen LogP contribution in [-0.2, 0) is 0 Å². The van der Waals surface area contributed by atoms with Crippen molar-refractivity contribution in [2.45, 2.75) is 73.6 Å². The van der Waals surface area contributed by atoms with E-state index in [2.05, 4.69) is 114 Å². The van der Waals surface area contributed by atoms with Gasteiger partial charge in [-0.15, -0.1) is 0 Å². The minimum absolute atomic E-state index is 0.855. The molecule has 6 heteroatoms. The van der Waals surface area contributed by atoms with Crippen LogP contribution in [0.4, 0.5) is 17.1 Å². The van der Waals surface area contributed by atoms with E-state index in [-0.39, 0.29) is 0 Å². The Morgan fingerprint density at radius 3 is 1.50 bits per heavy atom. The van der Waals surface area contributed by atoms with Crippen LogP contribution in [0.5, 0.6) is 0 Å². The first kappa shape index (κ1) is 44.3. The van der Waals surface area contributed by atoms with Crippen LogP contribution in [0.3, 0.4) is 0 Å². The van der Waals surface area contributed by atoms with Crippen LogP contribution in [0.15, 0.2) is 88.8 Å². The van der Waals surface area contributed by atoms with Crippen molar-refractivity contribution in [2.75, 3.05) is 39.5 Å². The van der Waals surface area contributed by atoms with E-state index in [1.54, 1.807) is 0 Å². The van der Waals surface area contributed by atoms with Crippen LogP contribution in [0, 0.1) is 0 Å². The topological polar surface area (TPSA) is 101 Å². The van der Waals surface area contributed by atoms with Gasteiger partial charge in [0.1, 0.15) is 0 Å². The Kier molecular flexibility index (Phi) is 28.7. The number of fused-ring (bicyclic) bond motifs is 1. The van der Waals surface area contributed by atoms with E-state index in [0.717, 1.165) is 43.0 Å². The second-order valence-corrected chi connectivity index (χ2v) is 9.65. The summed E-state index contributed by atoms with van der Waals surface area (Å²) in [6, 6.07) is 27.7. The molecule has 0 aliphatic carbocycles. The van der Waals surface area contributed by atoms with Gasteiger partial charge in [-0.2, -0.15) is 0 Å². The third-order valence-electron chi connectivity index (χ3n) is 6.38. The second-order valence-electron chi connectivity index (χ2n) is 9.65. The number of unbranched alkanes of at least 4 members (excludes halogenated alkanes) is 3. The summed E-state index contributed by atoms with van der Waals surface area (Å²) < 4.78 is 0. The molecular weight excluding hydrogens is 564 g/mol. The second kappa shape index (κ2) is 29.8. The van der Waals surface area contributed by atoms with Gasteiger partial charge in [0.25, 0.3) is 0 Å². The summed E-state index contributed by atoms with van der Waals surface area (Å²) in [5, 5.41) is 8.69. The fourth-order valence-corrected chi connectivity index (χ4v) is 4.15. The maximum absolute atomic E-state index is 5.21. The first-order valence-electron chi connectivity index (χ1n) is 16.9. The van der Waals surface area contributed by atoms with Crippen LogP contribution in [0.1, 0.15) is 73.6 Å². The van der Waals surface area contributed by atoms with E-state index in [1.807, 2.05) is 60.0 Å². The first-order chi connectivity index (χ1) is 22.5. The summed E-state index contributed by atoms with van der Waals surface area (Å²) in [6.07, 6.45) is 6.04. The largest absolute Gasteiger partial charge is 0.383 e. The van der Waals surface area contributed by atoms with Gasteiger partial charge < -0.3 is 22.1 Å². The lowest BCUT2D eigenvalue weighted by atomic mass is 9.97. The van der Waals surface area contributed by atoms with Gasteiger partial charge >= 0.3 is 0 Å². The molecular formula is C40H64N6. The van der Waals surface area contributed by atoms with Crippen LogP contribution in [-0.4, -0.2) is 47.7 Å². The molecule has 0 radical (unpaired) electrons. The van der Waals surface area contributed by atoms with Crippen molar-refractivity contribution in [1.82, 2.24) is 5.32 Å². The molecule has 4 rings (SSSR count). The number of hydrogen-bond donors (Lipinski definition) is 4.